The first-order valence-corrected chi connectivity index (χ1v) is 8.77. The van der Waals surface area contributed by atoms with Crippen LogP contribution in [0.2, 0.25) is 0 Å². The van der Waals surface area contributed by atoms with Crippen LogP contribution in [0.25, 0.3) is 0 Å². The fourth-order valence-corrected chi connectivity index (χ4v) is 4.08. The van der Waals surface area contributed by atoms with Gasteiger partial charge in [-0.05, 0) is 45.7 Å². The smallest absolute Gasteiger partial charge is 0.0774 e. The summed E-state index contributed by atoms with van der Waals surface area (Å²) in [5.74, 6) is 0. The van der Waals surface area contributed by atoms with Gasteiger partial charge in [0.2, 0.25) is 0 Å². The molecule has 1 heterocycles. The summed E-state index contributed by atoms with van der Waals surface area (Å²) in [4.78, 5) is 2.34. The maximum absolute atomic E-state index is 10.6. The molecule has 0 spiro atoms. The van der Waals surface area contributed by atoms with E-state index in [1.54, 1.807) is 0 Å². The monoisotopic (exact) mass is 298 g/mol. The maximum atomic E-state index is 10.6. The van der Waals surface area contributed by atoms with E-state index >= 15 is 0 Å². The number of hydrogen-bond donors (Lipinski definition) is 2. The molecule has 0 radical (unpaired) electrons. The molecule has 0 aromatic carbocycles. The fourth-order valence-electron chi connectivity index (χ4n) is 4.08. The molecule has 1 unspecified atom stereocenters. The van der Waals surface area contributed by atoms with Gasteiger partial charge in [-0.25, -0.2) is 0 Å². The van der Waals surface area contributed by atoms with Crippen LogP contribution >= 0.6 is 0 Å². The molecule has 4 heteroatoms. The van der Waals surface area contributed by atoms with Gasteiger partial charge in [0.1, 0.15) is 0 Å². The number of nitrogens with zero attached hydrogens (tertiary/aromatic N) is 1. The van der Waals surface area contributed by atoms with Gasteiger partial charge in [-0.3, -0.25) is 0 Å². The van der Waals surface area contributed by atoms with Crippen LogP contribution < -0.4 is 5.32 Å². The average molecular weight is 298 g/mol. The number of aliphatic hydroxyl groups is 1. The van der Waals surface area contributed by atoms with Crippen LogP contribution in [0.3, 0.4) is 0 Å². The van der Waals surface area contributed by atoms with Crippen LogP contribution in [-0.2, 0) is 4.74 Å². The summed E-state index contributed by atoms with van der Waals surface area (Å²) in [5, 5.41) is 14.2. The van der Waals surface area contributed by atoms with Gasteiger partial charge in [-0.2, -0.15) is 0 Å². The second kappa shape index (κ2) is 7.91. The van der Waals surface area contributed by atoms with E-state index in [1.165, 1.54) is 25.7 Å². The molecule has 2 aliphatic rings. The highest BCUT2D eigenvalue weighted by atomic mass is 16.5. The average Bonchev–Trinajstić information content (AvgIpc) is 2.86. The lowest BCUT2D eigenvalue weighted by atomic mass is 9.81. The third-order valence-corrected chi connectivity index (χ3v) is 5.03. The molecule has 2 fully saturated rings. The summed E-state index contributed by atoms with van der Waals surface area (Å²) in [6.07, 6.45) is 7.85. The molecule has 21 heavy (non-hydrogen) atoms. The van der Waals surface area contributed by atoms with Crippen molar-refractivity contribution in [1.29, 1.82) is 0 Å². The summed E-state index contributed by atoms with van der Waals surface area (Å²) in [6.45, 7) is 7.90. The largest absolute Gasteiger partial charge is 0.389 e. The molecular weight excluding hydrogens is 264 g/mol. The van der Waals surface area contributed by atoms with E-state index in [9.17, 15) is 5.11 Å². The van der Waals surface area contributed by atoms with E-state index < -0.39 is 5.60 Å². The van der Waals surface area contributed by atoms with Crippen LogP contribution in [-0.4, -0.2) is 62.0 Å². The fraction of sp³-hybridized carbons (Fsp3) is 1.00. The molecule has 1 aliphatic heterocycles. The van der Waals surface area contributed by atoms with Gasteiger partial charge < -0.3 is 20.1 Å². The van der Waals surface area contributed by atoms with Crippen LogP contribution in [0, 0.1) is 5.41 Å². The molecule has 1 atom stereocenters. The summed E-state index contributed by atoms with van der Waals surface area (Å²) < 4.78 is 5.78. The molecule has 1 aliphatic carbocycles. The molecule has 0 aromatic rings. The highest BCUT2D eigenvalue weighted by Crippen LogP contribution is 2.33. The Hall–Kier alpha value is -0.160. The first kappa shape index (κ1) is 17.2. The van der Waals surface area contributed by atoms with E-state index in [-0.39, 0.29) is 5.41 Å². The number of rotatable bonds is 8. The molecule has 0 aromatic heterocycles. The molecule has 4 nitrogen and oxygen atoms in total. The summed E-state index contributed by atoms with van der Waals surface area (Å²) in [7, 11) is 2.16. The molecule has 124 valence electrons. The van der Waals surface area contributed by atoms with Crippen LogP contribution in [0.5, 0.6) is 0 Å². The van der Waals surface area contributed by atoms with E-state index in [4.69, 9.17) is 4.74 Å². The second-order valence-electron chi connectivity index (χ2n) is 7.44. The maximum Gasteiger partial charge on any atom is 0.0774 e. The third-order valence-electron chi connectivity index (χ3n) is 5.03. The summed E-state index contributed by atoms with van der Waals surface area (Å²) in [6, 6.07) is 0. The quantitative estimate of drug-likeness (QED) is 0.673. The predicted molar refractivity (Wildman–Crippen MR) is 86.6 cm³/mol. The van der Waals surface area contributed by atoms with Gasteiger partial charge in [0, 0.05) is 31.7 Å². The Morgan fingerprint density at radius 3 is 2.52 bits per heavy atom. The van der Waals surface area contributed by atoms with Crippen molar-refractivity contribution in [3.8, 4) is 0 Å². The van der Waals surface area contributed by atoms with Crippen molar-refractivity contribution in [2.45, 2.75) is 57.5 Å². The number of likely N-dealkylation sites (N-methyl/N-ethyl adjacent to an activating group) is 1. The molecule has 1 saturated carbocycles. The number of nitrogens with one attached hydrogen (secondary N) is 1. The zero-order valence-electron chi connectivity index (χ0n) is 14.0. The van der Waals surface area contributed by atoms with Gasteiger partial charge in [0.15, 0.2) is 0 Å². The summed E-state index contributed by atoms with van der Waals surface area (Å²) in [5.41, 5.74) is -0.223. The van der Waals surface area contributed by atoms with Gasteiger partial charge in [-0.1, -0.05) is 19.8 Å². The molecule has 1 saturated heterocycles. The first-order valence-electron chi connectivity index (χ1n) is 8.77. The van der Waals surface area contributed by atoms with Crippen molar-refractivity contribution in [2.75, 3.05) is 46.4 Å². The third kappa shape index (κ3) is 5.20. The SMILES string of the molecule is CCCNCC1(CN(C)CC2(O)CCCC2)CCCOC1. The van der Waals surface area contributed by atoms with Crippen molar-refractivity contribution in [3.63, 3.8) is 0 Å². The van der Waals surface area contributed by atoms with Crippen LogP contribution in [0.4, 0.5) is 0 Å². The minimum atomic E-state index is -0.442. The summed E-state index contributed by atoms with van der Waals surface area (Å²) >= 11 is 0. The zero-order chi connectivity index (χ0) is 15.2. The lowest BCUT2D eigenvalue weighted by molar-refractivity contribution is -0.0408. The normalized spacial score (nSPS) is 29.1. The second-order valence-corrected chi connectivity index (χ2v) is 7.44. The predicted octanol–water partition coefficient (Wildman–Crippen LogP) is 2.02. The van der Waals surface area contributed by atoms with Crippen molar-refractivity contribution in [1.82, 2.24) is 10.2 Å². The highest BCUT2D eigenvalue weighted by Gasteiger charge is 2.37. The minimum absolute atomic E-state index is 0.219. The molecule has 2 rings (SSSR count). The Balaban J connectivity index is 1.87. The van der Waals surface area contributed by atoms with Gasteiger partial charge >= 0.3 is 0 Å². The topological polar surface area (TPSA) is 44.7 Å². The van der Waals surface area contributed by atoms with Gasteiger partial charge in [-0.15, -0.1) is 0 Å². The molecule has 0 bridgehead atoms. The van der Waals surface area contributed by atoms with E-state index in [2.05, 4.69) is 24.2 Å². The van der Waals surface area contributed by atoms with Crippen LogP contribution in [0.1, 0.15) is 51.9 Å². The zero-order valence-corrected chi connectivity index (χ0v) is 14.0. The number of ether oxygens (including phenoxy) is 1. The van der Waals surface area contributed by atoms with Crippen molar-refractivity contribution in [3.05, 3.63) is 0 Å². The standard InChI is InChI=1S/C17H34N2O2/c1-3-10-18-12-16(7-6-11-21-15-16)13-19(2)14-17(20)8-4-5-9-17/h18,20H,3-15H2,1-2H3. The van der Waals surface area contributed by atoms with E-state index in [0.717, 1.165) is 58.7 Å². The highest BCUT2D eigenvalue weighted by molar-refractivity contribution is 4.91. The Bertz CT molecular complexity index is 297. The lowest BCUT2D eigenvalue weighted by Crippen LogP contribution is -2.51. The van der Waals surface area contributed by atoms with E-state index in [0.29, 0.717) is 0 Å². The van der Waals surface area contributed by atoms with Crippen LogP contribution in [0.15, 0.2) is 0 Å². The first-order chi connectivity index (χ1) is 10.1. The Kier molecular flexibility index (Phi) is 6.48. The molecule has 2 N–H and O–H groups in total. The van der Waals surface area contributed by atoms with Crippen molar-refractivity contribution in [2.24, 2.45) is 5.41 Å². The van der Waals surface area contributed by atoms with Crippen molar-refractivity contribution < 1.29 is 9.84 Å². The number of hydrogen-bond acceptors (Lipinski definition) is 4. The van der Waals surface area contributed by atoms with Gasteiger partial charge in [0.25, 0.3) is 0 Å². The molecule has 0 amide bonds. The van der Waals surface area contributed by atoms with Crippen molar-refractivity contribution >= 4 is 0 Å². The molecular formula is C17H34N2O2. The Morgan fingerprint density at radius 2 is 1.90 bits per heavy atom. The van der Waals surface area contributed by atoms with Gasteiger partial charge in [0.05, 0.1) is 12.2 Å². The Labute approximate surface area is 130 Å². The Morgan fingerprint density at radius 1 is 1.14 bits per heavy atom. The van der Waals surface area contributed by atoms with E-state index in [1.807, 2.05) is 0 Å². The lowest BCUT2D eigenvalue weighted by Gasteiger charge is -2.41. The minimum Gasteiger partial charge on any atom is -0.389 e.